The number of carbonyl (C=O) groups excluding carboxylic acids is 8. The van der Waals surface area contributed by atoms with Crippen LogP contribution in [-0.4, -0.2) is 144 Å². The molecule has 0 spiro atoms. The normalized spacial score (nSPS) is 14.2. The van der Waals surface area contributed by atoms with E-state index in [1.807, 2.05) is 39.8 Å². The lowest BCUT2D eigenvalue weighted by molar-refractivity contribution is -0.146. The minimum absolute atomic E-state index is 0.0294. The van der Waals surface area contributed by atoms with E-state index in [2.05, 4.69) is 31.9 Å². The Bertz CT molecular complexity index is 2520. The Balaban J connectivity index is 1.25. The number of amides is 6. The molecular weight excluding hydrogens is 1040 g/mol. The van der Waals surface area contributed by atoms with Crippen LogP contribution in [0.2, 0.25) is 0 Å². The average molecular weight is 1120 g/mol. The summed E-state index contributed by atoms with van der Waals surface area (Å²) in [5, 5.41) is 57.7. The molecule has 8 atom stereocenters. The molecule has 10 N–H and O–H groups in total. The third-order valence-electron chi connectivity index (χ3n) is 12.6. The number of fused-ring (bicyclic) bond motifs is 1. The molecule has 4 aromatic rings. The summed E-state index contributed by atoms with van der Waals surface area (Å²) in [6, 6.07) is 15.7. The highest BCUT2D eigenvalue weighted by atomic mass is 16.5. The maximum Gasteiger partial charge on any atom is 0.328 e. The monoisotopic (exact) mass is 1110 g/mol. The molecule has 0 unspecified atom stereocenters. The second kappa shape index (κ2) is 32.2. The van der Waals surface area contributed by atoms with Crippen LogP contribution >= 0.6 is 0 Å². The smallest absolute Gasteiger partial charge is 0.328 e. The van der Waals surface area contributed by atoms with Crippen molar-refractivity contribution in [2.24, 2.45) is 11.8 Å². The molecule has 0 radical (unpaired) electrons. The molecule has 4 aromatic carbocycles. The van der Waals surface area contributed by atoms with Gasteiger partial charge in [0, 0.05) is 25.7 Å². The van der Waals surface area contributed by atoms with Gasteiger partial charge in [-0.15, -0.1) is 0 Å². The first kappa shape index (κ1) is 64.5. The number of esters is 2. The number of aliphatic hydroxyl groups excluding tert-OH is 2. The first-order valence-electron chi connectivity index (χ1n) is 26.6. The number of benzene rings is 4. The van der Waals surface area contributed by atoms with Gasteiger partial charge in [0.25, 0.3) is 0 Å². The predicted octanol–water partition coefficient (Wildman–Crippen LogP) is 3.16. The molecule has 0 bridgehead atoms. The Morgan fingerprint density at radius 1 is 0.450 bits per heavy atom. The van der Waals surface area contributed by atoms with Crippen molar-refractivity contribution in [1.29, 1.82) is 0 Å². The van der Waals surface area contributed by atoms with Crippen molar-refractivity contribution in [2.45, 2.75) is 141 Å². The molecule has 0 saturated heterocycles. The standard InChI is InChI=1S/C58H78N6O16/c1-33(2)27-45(53(71)61-47(57(75)77-7)29-37-13-19-41(67)20-14-37)59-55(73)51(35(5)65)63-49(69)11-9-25-79-43-23-17-39-18-24-44(32-40(39)31-43)80-26-10-12-50(70)64-52(36(6)66)56(74)60-46(28-34(3)4)54(72)62-48(58(76)78-8)30-38-15-21-42(68)22-16-38/h13-24,31-36,45-48,51-52,65-68H,9-12,25-30H2,1-8H3,(H,59,73)(H,60,74)(H,61,71)(H,62,72)(H,63,69)(H,64,70)/t35-,36-,45+,46+,47+,48+,51+,52+/m1/s1. The summed E-state index contributed by atoms with van der Waals surface area (Å²) in [6.07, 6.45) is -1.89. The maximum atomic E-state index is 13.5. The summed E-state index contributed by atoms with van der Waals surface area (Å²) in [5.74, 6) is -4.57. The Hall–Kier alpha value is -7.98. The van der Waals surface area contributed by atoms with Crippen LogP contribution in [0.1, 0.15) is 91.2 Å². The molecule has 0 aliphatic carbocycles. The predicted molar refractivity (Wildman–Crippen MR) is 295 cm³/mol. The van der Waals surface area contributed by atoms with Crippen LogP contribution in [0.3, 0.4) is 0 Å². The molecule has 436 valence electrons. The van der Waals surface area contributed by atoms with E-state index in [1.165, 1.54) is 52.3 Å². The summed E-state index contributed by atoms with van der Waals surface area (Å²) < 4.78 is 21.7. The zero-order chi connectivity index (χ0) is 59.1. The van der Waals surface area contributed by atoms with Gasteiger partial charge in [0.2, 0.25) is 35.4 Å². The van der Waals surface area contributed by atoms with Crippen LogP contribution < -0.4 is 41.4 Å². The minimum atomic E-state index is -1.41. The highest BCUT2D eigenvalue weighted by Gasteiger charge is 2.34. The lowest BCUT2D eigenvalue weighted by atomic mass is 10.0. The SMILES string of the molecule is COC(=O)[C@H](Cc1ccc(O)cc1)NC(=O)[C@H](CC(C)C)NC(=O)[C@@H](NC(=O)CCCOc1ccc2ccc(OCCCC(=O)N[C@H](C(=O)N[C@@H](CC(C)C)C(=O)N[C@@H](Cc3ccc(O)cc3)C(=O)OC)[C@@H](C)O)cc2c1)[C@@H](C)O. The Labute approximate surface area is 466 Å². The average Bonchev–Trinajstić information content (AvgIpc) is 3.41. The van der Waals surface area contributed by atoms with Gasteiger partial charge in [-0.1, -0.05) is 64.1 Å². The van der Waals surface area contributed by atoms with Crippen molar-refractivity contribution in [1.82, 2.24) is 31.9 Å². The summed E-state index contributed by atoms with van der Waals surface area (Å²) in [7, 11) is 2.36. The quantitative estimate of drug-likeness (QED) is 0.0248. The van der Waals surface area contributed by atoms with Crippen LogP contribution in [0, 0.1) is 11.8 Å². The molecule has 0 aliphatic heterocycles. The van der Waals surface area contributed by atoms with Crippen molar-refractivity contribution >= 4 is 58.2 Å². The Kier molecular flexibility index (Phi) is 26.0. The zero-order valence-corrected chi connectivity index (χ0v) is 46.6. The summed E-state index contributed by atoms with van der Waals surface area (Å²) in [6.45, 7) is 10.3. The van der Waals surface area contributed by atoms with Gasteiger partial charge >= 0.3 is 11.9 Å². The fourth-order valence-corrected chi connectivity index (χ4v) is 8.41. The molecule has 0 saturated carbocycles. The number of aliphatic hydroxyl groups is 2. The highest BCUT2D eigenvalue weighted by molar-refractivity contribution is 5.95. The highest BCUT2D eigenvalue weighted by Crippen LogP contribution is 2.26. The van der Waals surface area contributed by atoms with Crippen LogP contribution in [-0.2, 0) is 60.7 Å². The van der Waals surface area contributed by atoms with Crippen molar-refractivity contribution < 1.29 is 77.7 Å². The molecule has 4 rings (SSSR count). The second-order valence-electron chi connectivity index (χ2n) is 20.4. The van der Waals surface area contributed by atoms with Gasteiger partial charge < -0.3 is 71.3 Å². The number of hydrogen-bond acceptors (Lipinski definition) is 16. The zero-order valence-electron chi connectivity index (χ0n) is 46.6. The van der Waals surface area contributed by atoms with E-state index in [4.69, 9.17) is 18.9 Å². The van der Waals surface area contributed by atoms with E-state index in [-0.39, 0.29) is 87.9 Å². The molecular formula is C58H78N6O16. The van der Waals surface area contributed by atoms with Crippen molar-refractivity contribution in [2.75, 3.05) is 27.4 Å². The minimum Gasteiger partial charge on any atom is -0.508 e. The van der Waals surface area contributed by atoms with Crippen LogP contribution in [0.5, 0.6) is 23.0 Å². The molecule has 0 fully saturated rings. The number of phenolic OH excluding ortho intramolecular Hbond substituents is 2. The number of ether oxygens (including phenoxy) is 4. The number of aromatic hydroxyl groups is 2. The molecule has 22 heteroatoms. The Morgan fingerprint density at radius 3 is 1.12 bits per heavy atom. The summed E-state index contributed by atoms with van der Waals surface area (Å²) in [5.41, 5.74) is 1.27. The molecule has 6 amide bonds. The maximum absolute atomic E-state index is 13.5. The lowest BCUT2D eigenvalue weighted by Gasteiger charge is -2.27. The van der Waals surface area contributed by atoms with Gasteiger partial charge in [-0.3, -0.25) is 28.8 Å². The van der Waals surface area contributed by atoms with Crippen molar-refractivity contribution in [3.63, 3.8) is 0 Å². The number of nitrogens with one attached hydrogen (secondary N) is 6. The van der Waals surface area contributed by atoms with E-state index in [1.54, 1.807) is 48.5 Å². The van der Waals surface area contributed by atoms with E-state index in [0.29, 0.717) is 22.6 Å². The van der Waals surface area contributed by atoms with Gasteiger partial charge in [0.05, 0.1) is 39.6 Å². The van der Waals surface area contributed by atoms with Crippen LogP contribution in [0.15, 0.2) is 84.9 Å². The van der Waals surface area contributed by atoms with Crippen LogP contribution in [0.25, 0.3) is 10.8 Å². The number of hydrogen-bond donors (Lipinski definition) is 10. The molecule has 22 nitrogen and oxygen atoms in total. The van der Waals surface area contributed by atoms with E-state index in [0.717, 1.165) is 10.8 Å². The number of carbonyl (C=O) groups is 8. The first-order chi connectivity index (χ1) is 38.0. The Morgan fingerprint density at radius 2 is 0.800 bits per heavy atom. The van der Waals surface area contributed by atoms with Gasteiger partial charge in [0.1, 0.15) is 59.2 Å². The van der Waals surface area contributed by atoms with Gasteiger partial charge in [-0.05, 0) is 122 Å². The fourth-order valence-electron chi connectivity index (χ4n) is 8.41. The number of rotatable bonds is 32. The summed E-state index contributed by atoms with van der Waals surface area (Å²) in [4.78, 5) is 106. The number of methoxy groups -OCH3 is 2. The molecule has 0 aliphatic rings. The van der Waals surface area contributed by atoms with Gasteiger partial charge in [0.15, 0.2) is 0 Å². The topological polar surface area (TPSA) is 327 Å². The van der Waals surface area contributed by atoms with Gasteiger partial charge in [-0.2, -0.15) is 0 Å². The molecule has 0 aromatic heterocycles. The second-order valence-corrected chi connectivity index (χ2v) is 20.4. The van der Waals surface area contributed by atoms with E-state index >= 15 is 0 Å². The lowest BCUT2D eigenvalue weighted by Crippen LogP contribution is -2.58. The van der Waals surface area contributed by atoms with Gasteiger partial charge in [-0.25, -0.2) is 9.59 Å². The van der Waals surface area contributed by atoms with E-state index < -0.39 is 95.8 Å². The van der Waals surface area contributed by atoms with E-state index in [9.17, 15) is 58.8 Å². The largest absolute Gasteiger partial charge is 0.508 e. The van der Waals surface area contributed by atoms with Crippen LogP contribution in [0.4, 0.5) is 0 Å². The third-order valence-corrected chi connectivity index (χ3v) is 12.6. The molecule has 0 heterocycles. The van der Waals surface area contributed by atoms with Crippen molar-refractivity contribution in [3.05, 3.63) is 96.1 Å². The molecule has 80 heavy (non-hydrogen) atoms. The fraction of sp³-hybridized carbons (Fsp3) is 0.483. The van der Waals surface area contributed by atoms with Crippen molar-refractivity contribution in [3.8, 4) is 23.0 Å². The third kappa shape index (κ3) is 21.7. The summed E-state index contributed by atoms with van der Waals surface area (Å²) >= 11 is 0. The first-order valence-corrected chi connectivity index (χ1v) is 26.6. The number of phenols is 2.